The van der Waals surface area contributed by atoms with Crippen molar-refractivity contribution in [2.75, 3.05) is 0 Å². The molecule has 1 unspecified atom stereocenters. The van der Waals surface area contributed by atoms with Crippen LogP contribution < -0.4 is 0 Å². The van der Waals surface area contributed by atoms with Crippen molar-refractivity contribution in [1.29, 1.82) is 0 Å². The highest BCUT2D eigenvalue weighted by Crippen LogP contribution is 2.36. The standard InChI is InChI=1S/C14H23BrOSi/c1-14(2,3)13(16-17(4)5)12-8-6-11(10-15)7-9-12/h6-9,13,17H,10H2,1-5H3. The van der Waals surface area contributed by atoms with Crippen molar-refractivity contribution in [2.45, 2.75) is 45.3 Å². The summed E-state index contributed by atoms with van der Waals surface area (Å²) in [5, 5.41) is 0.910. The van der Waals surface area contributed by atoms with Crippen molar-refractivity contribution >= 4 is 25.0 Å². The highest BCUT2D eigenvalue weighted by Gasteiger charge is 2.27. The van der Waals surface area contributed by atoms with Crippen LogP contribution in [0.25, 0.3) is 0 Å². The van der Waals surface area contributed by atoms with Crippen LogP contribution in [0.5, 0.6) is 0 Å². The van der Waals surface area contributed by atoms with Crippen LogP contribution >= 0.6 is 15.9 Å². The van der Waals surface area contributed by atoms with Gasteiger partial charge < -0.3 is 4.43 Å². The average molecular weight is 315 g/mol. The van der Waals surface area contributed by atoms with Crippen LogP contribution in [-0.2, 0) is 9.76 Å². The quantitative estimate of drug-likeness (QED) is 0.579. The van der Waals surface area contributed by atoms with Gasteiger partial charge in [0.15, 0.2) is 9.04 Å². The molecule has 0 heterocycles. The van der Waals surface area contributed by atoms with Crippen LogP contribution in [0.2, 0.25) is 13.1 Å². The molecular weight excluding hydrogens is 292 g/mol. The molecule has 0 aliphatic rings. The molecule has 0 amide bonds. The maximum atomic E-state index is 6.20. The van der Waals surface area contributed by atoms with Gasteiger partial charge in [-0.25, -0.2) is 0 Å². The van der Waals surface area contributed by atoms with E-state index in [2.05, 4.69) is 74.1 Å². The fourth-order valence-corrected chi connectivity index (χ4v) is 3.32. The van der Waals surface area contributed by atoms with Crippen molar-refractivity contribution in [3.05, 3.63) is 35.4 Å². The molecular formula is C14H23BrOSi. The molecule has 0 N–H and O–H groups in total. The maximum absolute atomic E-state index is 6.20. The Morgan fingerprint density at radius 2 is 1.71 bits per heavy atom. The van der Waals surface area contributed by atoms with Gasteiger partial charge in [0.1, 0.15) is 0 Å². The van der Waals surface area contributed by atoms with Crippen LogP contribution in [0.4, 0.5) is 0 Å². The van der Waals surface area contributed by atoms with E-state index in [0.29, 0.717) is 0 Å². The molecule has 0 bridgehead atoms. The Morgan fingerprint density at radius 3 is 2.06 bits per heavy atom. The van der Waals surface area contributed by atoms with E-state index in [4.69, 9.17) is 4.43 Å². The fraction of sp³-hybridized carbons (Fsp3) is 0.571. The summed E-state index contributed by atoms with van der Waals surface area (Å²) in [5.41, 5.74) is 2.75. The zero-order chi connectivity index (χ0) is 13.1. The minimum absolute atomic E-state index is 0.146. The minimum atomic E-state index is -1.03. The topological polar surface area (TPSA) is 9.23 Å². The Morgan fingerprint density at radius 1 is 1.18 bits per heavy atom. The Kier molecular flexibility index (Phi) is 5.42. The molecule has 0 radical (unpaired) electrons. The predicted octanol–water partition coefficient (Wildman–Crippen LogP) is 4.67. The molecule has 0 saturated heterocycles. The third kappa shape index (κ3) is 4.57. The van der Waals surface area contributed by atoms with E-state index in [0.717, 1.165) is 5.33 Å². The predicted molar refractivity (Wildman–Crippen MR) is 81.2 cm³/mol. The van der Waals surface area contributed by atoms with Crippen molar-refractivity contribution in [1.82, 2.24) is 0 Å². The van der Waals surface area contributed by atoms with Crippen molar-refractivity contribution in [2.24, 2.45) is 5.41 Å². The second-order valence-corrected chi connectivity index (χ2v) is 8.74. The molecule has 1 rings (SSSR count). The van der Waals surface area contributed by atoms with Gasteiger partial charge in [-0.2, -0.15) is 0 Å². The molecule has 0 saturated carbocycles. The van der Waals surface area contributed by atoms with E-state index in [1.165, 1.54) is 11.1 Å². The Hall–Kier alpha value is -0.123. The lowest BCUT2D eigenvalue weighted by atomic mass is 9.85. The fourth-order valence-electron chi connectivity index (χ4n) is 1.84. The van der Waals surface area contributed by atoms with Gasteiger partial charge >= 0.3 is 0 Å². The molecule has 0 aromatic heterocycles. The van der Waals surface area contributed by atoms with Crippen LogP contribution in [0.15, 0.2) is 24.3 Å². The Labute approximate surface area is 115 Å². The SMILES string of the molecule is C[SiH](C)OC(c1ccc(CBr)cc1)C(C)(C)C. The second-order valence-electron chi connectivity index (χ2n) is 5.81. The molecule has 1 aromatic rings. The van der Waals surface area contributed by atoms with E-state index in [-0.39, 0.29) is 11.5 Å². The van der Waals surface area contributed by atoms with Gasteiger partial charge in [-0.05, 0) is 29.6 Å². The first-order valence-electron chi connectivity index (χ1n) is 6.15. The van der Waals surface area contributed by atoms with Crippen LogP contribution in [0.1, 0.15) is 38.0 Å². The van der Waals surface area contributed by atoms with Gasteiger partial charge in [0, 0.05) is 5.33 Å². The molecule has 1 atom stereocenters. The van der Waals surface area contributed by atoms with Gasteiger partial charge in [-0.1, -0.05) is 61.0 Å². The molecule has 1 nitrogen and oxygen atoms in total. The van der Waals surface area contributed by atoms with Crippen molar-refractivity contribution in [3.63, 3.8) is 0 Å². The maximum Gasteiger partial charge on any atom is 0.171 e. The highest BCUT2D eigenvalue weighted by molar-refractivity contribution is 9.08. The van der Waals surface area contributed by atoms with Crippen LogP contribution in [0, 0.1) is 5.41 Å². The molecule has 1 aromatic carbocycles. The van der Waals surface area contributed by atoms with Gasteiger partial charge in [-0.3, -0.25) is 0 Å². The first kappa shape index (κ1) is 14.9. The zero-order valence-corrected chi connectivity index (χ0v) is 14.2. The molecule has 17 heavy (non-hydrogen) atoms. The summed E-state index contributed by atoms with van der Waals surface area (Å²) in [5.74, 6) is 0. The summed E-state index contributed by atoms with van der Waals surface area (Å²) in [7, 11) is -1.03. The summed E-state index contributed by atoms with van der Waals surface area (Å²) >= 11 is 3.47. The van der Waals surface area contributed by atoms with Crippen LogP contribution in [-0.4, -0.2) is 9.04 Å². The van der Waals surface area contributed by atoms with Gasteiger partial charge in [0.05, 0.1) is 6.10 Å². The summed E-state index contributed by atoms with van der Waals surface area (Å²) in [6.07, 6.45) is 0.207. The van der Waals surface area contributed by atoms with Gasteiger partial charge in [-0.15, -0.1) is 0 Å². The molecule has 0 aliphatic heterocycles. The zero-order valence-electron chi connectivity index (χ0n) is 11.5. The largest absolute Gasteiger partial charge is 0.413 e. The molecule has 96 valence electrons. The monoisotopic (exact) mass is 314 g/mol. The number of alkyl halides is 1. The van der Waals surface area contributed by atoms with E-state index in [1.807, 2.05) is 0 Å². The number of rotatable bonds is 4. The first-order valence-corrected chi connectivity index (χ1v) is 10.0. The number of hydrogen-bond donors (Lipinski definition) is 0. The highest BCUT2D eigenvalue weighted by atomic mass is 79.9. The third-order valence-corrected chi connectivity index (χ3v) is 4.10. The lowest BCUT2D eigenvalue weighted by Gasteiger charge is -2.33. The number of halogens is 1. The normalized spacial score (nSPS) is 14.1. The van der Waals surface area contributed by atoms with Crippen molar-refractivity contribution < 1.29 is 4.43 Å². The Bertz CT molecular complexity index is 340. The van der Waals surface area contributed by atoms with E-state index in [1.54, 1.807) is 0 Å². The minimum Gasteiger partial charge on any atom is -0.413 e. The summed E-state index contributed by atoms with van der Waals surface area (Å²) < 4.78 is 6.20. The van der Waals surface area contributed by atoms with Gasteiger partial charge in [0.2, 0.25) is 0 Å². The summed E-state index contributed by atoms with van der Waals surface area (Å²) in [4.78, 5) is 0. The number of benzene rings is 1. The molecule has 0 aliphatic carbocycles. The van der Waals surface area contributed by atoms with Crippen molar-refractivity contribution in [3.8, 4) is 0 Å². The van der Waals surface area contributed by atoms with Crippen LogP contribution in [0.3, 0.4) is 0 Å². The molecule has 0 fully saturated rings. The number of hydrogen-bond acceptors (Lipinski definition) is 1. The third-order valence-electron chi connectivity index (χ3n) is 2.63. The first-order chi connectivity index (χ1) is 7.84. The second kappa shape index (κ2) is 6.16. The summed E-state index contributed by atoms with van der Waals surface area (Å²) in [6.45, 7) is 11.2. The molecule has 0 spiro atoms. The lowest BCUT2D eigenvalue weighted by molar-refractivity contribution is 0.0866. The lowest BCUT2D eigenvalue weighted by Crippen LogP contribution is -2.25. The Balaban J connectivity index is 2.96. The molecule has 3 heteroatoms. The smallest absolute Gasteiger partial charge is 0.171 e. The average Bonchev–Trinajstić information content (AvgIpc) is 2.24. The van der Waals surface area contributed by atoms with E-state index >= 15 is 0 Å². The van der Waals surface area contributed by atoms with E-state index < -0.39 is 9.04 Å². The summed E-state index contributed by atoms with van der Waals surface area (Å²) in [6, 6.07) is 8.74. The van der Waals surface area contributed by atoms with Gasteiger partial charge in [0.25, 0.3) is 0 Å². The van der Waals surface area contributed by atoms with E-state index in [9.17, 15) is 0 Å².